The Balaban J connectivity index is 2.54. The fourth-order valence-electron chi connectivity index (χ4n) is 0.992. The van der Waals surface area contributed by atoms with Crippen molar-refractivity contribution in [3.8, 4) is 0 Å². The summed E-state index contributed by atoms with van der Waals surface area (Å²) in [6.45, 7) is 0. The normalized spacial score (nSPS) is 11.8. The van der Waals surface area contributed by atoms with Gasteiger partial charge in [0.05, 0.1) is 0 Å². The Labute approximate surface area is 78.8 Å². The van der Waals surface area contributed by atoms with Crippen LogP contribution in [0.5, 0.6) is 0 Å². The molecule has 0 aliphatic carbocycles. The van der Waals surface area contributed by atoms with Gasteiger partial charge in [-0.1, -0.05) is 17.0 Å². The molecule has 1 heterocycles. The summed E-state index contributed by atoms with van der Waals surface area (Å²) in [6.07, 6.45) is 0. The van der Waals surface area contributed by atoms with Crippen LogP contribution in [0.4, 0.5) is 0 Å². The maximum absolute atomic E-state index is 10.4. The molecular weight excluding hydrogens is 210 g/mol. The van der Waals surface area contributed by atoms with Crippen molar-refractivity contribution in [1.29, 1.82) is 0 Å². The molecule has 0 amide bonds. The molecular formula is C6H5N3O4S. The van der Waals surface area contributed by atoms with Gasteiger partial charge in [0.15, 0.2) is 0 Å². The summed E-state index contributed by atoms with van der Waals surface area (Å²) in [4.78, 5) is 0.630. The number of para-hydroxylation sites is 1. The molecule has 0 spiro atoms. The Hall–Kier alpha value is -1.67. The topological polar surface area (TPSA) is 94.3 Å². The quantitative estimate of drug-likeness (QED) is 0.689. The van der Waals surface area contributed by atoms with Crippen LogP contribution in [0.25, 0.3) is 11.0 Å². The zero-order valence-corrected chi connectivity index (χ0v) is 7.55. The lowest BCUT2D eigenvalue weighted by molar-refractivity contribution is 0.212. The average molecular weight is 215 g/mol. The van der Waals surface area contributed by atoms with Crippen molar-refractivity contribution < 1.29 is 17.3 Å². The molecule has 0 fully saturated rings. The first-order valence-electron chi connectivity index (χ1n) is 3.54. The first-order chi connectivity index (χ1) is 6.56. The van der Waals surface area contributed by atoms with Gasteiger partial charge in [-0.3, -0.25) is 4.55 Å². The number of hydrogen-bond acceptors (Lipinski definition) is 5. The van der Waals surface area contributed by atoms with E-state index in [1.54, 1.807) is 24.3 Å². The largest absolute Gasteiger partial charge is 0.466 e. The fourth-order valence-corrected chi connectivity index (χ4v) is 1.28. The molecule has 74 valence electrons. The third kappa shape index (κ3) is 1.65. The molecule has 1 aromatic heterocycles. The van der Waals surface area contributed by atoms with Gasteiger partial charge in [-0.15, -0.1) is 5.10 Å². The van der Waals surface area contributed by atoms with Gasteiger partial charge in [0.1, 0.15) is 11.0 Å². The van der Waals surface area contributed by atoms with Crippen LogP contribution < -0.4 is 4.28 Å². The van der Waals surface area contributed by atoms with E-state index in [2.05, 4.69) is 14.6 Å². The monoisotopic (exact) mass is 215 g/mol. The van der Waals surface area contributed by atoms with E-state index in [0.717, 1.165) is 0 Å². The molecule has 2 aromatic rings. The summed E-state index contributed by atoms with van der Waals surface area (Å²) in [6, 6.07) is 6.57. The van der Waals surface area contributed by atoms with Crippen molar-refractivity contribution >= 4 is 21.4 Å². The molecule has 0 unspecified atom stereocenters. The lowest BCUT2D eigenvalue weighted by atomic mass is 10.3. The SMILES string of the molecule is O=S(=O)(O)On1nnc2ccccc21. The number of benzene rings is 1. The van der Waals surface area contributed by atoms with Crippen LogP contribution in [0, 0.1) is 0 Å². The second-order valence-corrected chi connectivity index (χ2v) is 3.46. The lowest BCUT2D eigenvalue weighted by Gasteiger charge is -1.98. The van der Waals surface area contributed by atoms with Crippen molar-refractivity contribution in [3.63, 3.8) is 0 Å². The minimum atomic E-state index is -4.58. The minimum absolute atomic E-state index is 0.352. The highest BCUT2D eigenvalue weighted by Crippen LogP contribution is 2.08. The summed E-state index contributed by atoms with van der Waals surface area (Å²) >= 11 is 0. The fraction of sp³-hybridized carbons (Fsp3) is 0. The van der Waals surface area contributed by atoms with Crippen LogP contribution in [-0.4, -0.2) is 28.1 Å². The van der Waals surface area contributed by atoms with Crippen molar-refractivity contribution in [1.82, 2.24) is 15.2 Å². The number of aromatic nitrogens is 3. The van der Waals surface area contributed by atoms with Crippen molar-refractivity contribution in [2.24, 2.45) is 0 Å². The minimum Gasteiger partial charge on any atom is -0.253 e. The van der Waals surface area contributed by atoms with E-state index in [1.807, 2.05) is 0 Å². The van der Waals surface area contributed by atoms with Gasteiger partial charge >= 0.3 is 10.4 Å². The molecule has 1 aromatic carbocycles. The van der Waals surface area contributed by atoms with Gasteiger partial charge in [0.25, 0.3) is 0 Å². The van der Waals surface area contributed by atoms with Gasteiger partial charge in [0, 0.05) is 0 Å². The Morgan fingerprint density at radius 3 is 2.79 bits per heavy atom. The van der Waals surface area contributed by atoms with E-state index < -0.39 is 10.4 Å². The summed E-state index contributed by atoms with van der Waals surface area (Å²) in [5, 5.41) is 7.00. The number of rotatable bonds is 2. The first-order valence-corrected chi connectivity index (χ1v) is 4.90. The maximum atomic E-state index is 10.4. The Bertz CT molecular complexity index is 561. The van der Waals surface area contributed by atoms with E-state index in [1.165, 1.54) is 0 Å². The van der Waals surface area contributed by atoms with Crippen LogP contribution in [-0.2, 0) is 10.4 Å². The molecule has 2 rings (SSSR count). The molecule has 0 radical (unpaired) electrons. The van der Waals surface area contributed by atoms with Crippen LogP contribution in [0.2, 0.25) is 0 Å². The Kier molecular flexibility index (Phi) is 1.86. The number of fused-ring (bicyclic) bond motifs is 1. The highest BCUT2D eigenvalue weighted by atomic mass is 32.3. The van der Waals surface area contributed by atoms with Crippen molar-refractivity contribution in [2.75, 3.05) is 0 Å². The molecule has 1 N–H and O–H groups in total. The summed E-state index contributed by atoms with van der Waals surface area (Å²) in [5.74, 6) is 0. The molecule has 0 saturated heterocycles. The molecule has 0 aliphatic heterocycles. The molecule has 0 bridgehead atoms. The molecule has 0 atom stereocenters. The van der Waals surface area contributed by atoms with E-state index in [-0.39, 0.29) is 0 Å². The molecule has 14 heavy (non-hydrogen) atoms. The third-order valence-corrected chi connectivity index (χ3v) is 1.82. The van der Waals surface area contributed by atoms with Crippen LogP contribution in [0.1, 0.15) is 0 Å². The summed E-state index contributed by atoms with van der Waals surface area (Å²) in [7, 11) is -4.58. The van der Waals surface area contributed by atoms with E-state index in [9.17, 15) is 8.42 Å². The smallest absolute Gasteiger partial charge is 0.253 e. The van der Waals surface area contributed by atoms with Gasteiger partial charge in [-0.25, -0.2) is 4.28 Å². The predicted octanol–water partition coefficient (Wildman–Crippen LogP) is -0.337. The van der Waals surface area contributed by atoms with Crippen LogP contribution in [0.3, 0.4) is 0 Å². The first kappa shape index (κ1) is 8.91. The highest BCUT2D eigenvalue weighted by Gasteiger charge is 2.11. The summed E-state index contributed by atoms with van der Waals surface area (Å²) < 4.78 is 33.3. The van der Waals surface area contributed by atoms with E-state index in [0.29, 0.717) is 15.9 Å². The second-order valence-electron chi connectivity index (χ2n) is 2.45. The number of hydrogen-bond donors (Lipinski definition) is 1. The molecule has 0 aliphatic rings. The zero-order valence-electron chi connectivity index (χ0n) is 6.73. The Morgan fingerprint density at radius 1 is 1.36 bits per heavy atom. The van der Waals surface area contributed by atoms with Gasteiger partial charge in [-0.2, -0.15) is 8.42 Å². The number of nitrogens with zero attached hydrogens (tertiary/aromatic N) is 3. The zero-order chi connectivity index (χ0) is 10.2. The second kappa shape index (κ2) is 2.93. The van der Waals surface area contributed by atoms with Gasteiger partial charge in [-0.05, 0) is 17.3 Å². The standard InChI is InChI=1S/C6H5N3O4S/c10-14(11,12)13-9-6-4-2-1-3-5(6)7-8-9/h1-4H,(H,10,11,12). The average Bonchev–Trinajstić information content (AvgIpc) is 2.47. The van der Waals surface area contributed by atoms with Crippen molar-refractivity contribution in [2.45, 2.75) is 0 Å². The molecule has 0 saturated carbocycles. The Morgan fingerprint density at radius 2 is 2.07 bits per heavy atom. The van der Waals surface area contributed by atoms with E-state index in [4.69, 9.17) is 4.55 Å². The third-order valence-electron chi connectivity index (χ3n) is 1.49. The van der Waals surface area contributed by atoms with Gasteiger partial charge < -0.3 is 0 Å². The lowest BCUT2D eigenvalue weighted by Crippen LogP contribution is -2.20. The van der Waals surface area contributed by atoms with Crippen molar-refractivity contribution in [3.05, 3.63) is 24.3 Å². The van der Waals surface area contributed by atoms with E-state index >= 15 is 0 Å². The van der Waals surface area contributed by atoms with Crippen LogP contribution in [0.15, 0.2) is 24.3 Å². The highest BCUT2D eigenvalue weighted by molar-refractivity contribution is 7.81. The maximum Gasteiger partial charge on any atom is 0.466 e. The summed E-state index contributed by atoms with van der Waals surface area (Å²) in [5.41, 5.74) is 0.821. The van der Waals surface area contributed by atoms with Crippen LogP contribution >= 0.6 is 0 Å². The predicted molar refractivity (Wildman–Crippen MR) is 45.7 cm³/mol. The van der Waals surface area contributed by atoms with Gasteiger partial charge in [0.2, 0.25) is 0 Å². The molecule has 7 nitrogen and oxygen atoms in total. The molecule has 8 heteroatoms.